The fourth-order valence-electron chi connectivity index (χ4n) is 11.2. The van der Waals surface area contributed by atoms with Gasteiger partial charge in [-0.2, -0.15) is 0 Å². The molecule has 0 N–H and O–H groups in total. The Kier molecular flexibility index (Phi) is 10.2. The summed E-state index contributed by atoms with van der Waals surface area (Å²) < 4.78 is 9.39. The summed E-state index contributed by atoms with van der Waals surface area (Å²) in [6, 6.07) is 101. The van der Waals surface area contributed by atoms with Crippen molar-refractivity contribution in [1.82, 2.24) is 4.57 Å². The first-order valence-corrected chi connectivity index (χ1v) is 25.0. The number of anilines is 3. The Morgan fingerprint density at radius 3 is 1.49 bits per heavy atom. The third kappa shape index (κ3) is 7.21. The van der Waals surface area contributed by atoms with Crippen molar-refractivity contribution in [3.63, 3.8) is 0 Å². The number of benzene rings is 12. The first kappa shape index (κ1) is 42.2. The molecule has 0 aliphatic rings. The number of rotatable bonds is 9. The minimum Gasteiger partial charge on any atom is -0.455 e. The van der Waals surface area contributed by atoms with Crippen LogP contribution in [0.25, 0.3) is 116 Å². The molecule has 0 saturated carbocycles. The lowest BCUT2D eigenvalue weighted by Crippen LogP contribution is -2.11. The molecule has 3 heteroatoms. The van der Waals surface area contributed by atoms with Gasteiger partial charge in [0.1, 0.15) is 11.2 Å². The minimum atomic E-state index is 0.877. The van der Waals surface area contributed by atoms with Crippen LogP contribution in [-0.2, 0) is 0 Å². The van der Waals surface area contributed by atoms with Gasteiger partial charge in [0.25, 0.3) is 0 Å². The molecule has 12 aromatic carbocycles. The van der Waals surface area contributed by atoms with Gasteiger partial charge < -0.3 is 13.9 Å². The molecule has 73 heavy (non-hydrogen) atoms. The fourth-order valence-corrected chi connectivity index (χ4v) is 11.2. The van der Waals surface area contributed by atoms with Crippen molar-refractivity contribution in [3.05, 3.63) is 279 Å². The average molecular weight is 931 g/mol. The summed E-state index contributed by atoms with van der Waals surface area (Å²) in [4.78, 5) is 2.40. The fraction of sp³-hybridized carbons (Fsp3) is 0. The number of nitrogens with zero attached hydrogens (tertiary/aromatic N) is 2. The Morgan fingerprint density at radius 2 is 0.781 bits per heavy atom. The lowest BCUT2D eigenvalue weighted by Gasteiger charge is -2.28. The van der Waals surface area contributed by atoms with Gasteiger partial charge in [0.05, 0.1) is 22.4 Å². The molecular weight excluding hydrogens is 885 g/mol. The quantitative estimate of drug-likeness (QED) is 0.144. The Bertz CT molecular complexity index is 4300. The number of para-hydroxylation sites is 5. The van der Waals surface area contributed by atoms with Crippen LogP contribution in [0, 0.1) is 0 Å². The van der Waals surface area contributed by atoms with E-state index in [2.05, 4.69) is 289 Å². The van der Waals surface area contributed by atoms with E-state index in [0.29, 0.717) is 0 Å². The van der Waals surface area contributed by atoms with Gasteiger partial charge >= 0.3 is 0 Å². The third-order valence-corrected chi connectivity index (χ3v) is 14.6. The van der Waals surface area contributed by atoms with E-state index in [9.17, 15) is 0 Å². The van der Waals surface area contributed by atoms with Crippen LogP contribution >= 0.6 is 0 Å². The van der Waals surface area contributed by atoms with Crippen LogP contribution in [0.3, 0.4) is 0 Å². The van der Waals surface area contributed by atoms with Crippen LogP contribution < -0.4 is 4.90 Å². The molecule has 0 aliphatic carbocycles. The molecule has 2 heterocycles. The highest BCUT2D eigenvalue weighted by atomic mass is 16.3. The van der Waals surface area contributed by atoms with Crippen molar-refractivity contribution < 1.29 is 4.42 Å². The number of hydrogen-bond donors (Lipinski definition) is 0. The van der Waals surface area contributed by atoms with E-state index in [1.807, 2.05) is 0 Å². The second-order valence-corrected chi connectivity index (χ2v) is 18.8. The first-order chi connectivity index (χ1) is 36.2. The predicted octanol–water partition coefficient (Wildman–Crippen LogP) is 19.6. The zero-order valence-corrected chi connectivity index (χ0v) is 39.9. The summed E-state index contributed by atoms with van der Waals surface area (Å²) >= 11 is 0. The zero-order valence-electron chi connectivity index (χ0n) is 39.9. The summed E-state index contributed by atoms with van der Waals surface area (Å²) in [6.07, 6.45) is 0. The SMILES string of the molecule is c1ccc(-c2ccc(-c3ccc(N(c4ccc(-c5ccccc5-n5c6ccccc6c6ccccc65)cc4)c4ccccc4-c4cccc5c4oc4c6ccccc6ccc54)cc3)cc2-c2ccccc2)cc1. The van der Waals surface area contributed by atoms with Crippen LogP contribution in [0.15, 0.2) is 283 Å². The number of fused-ring (bicyclic) bond motifs is 8. The largest absolute Gasteiger partial charge is 0.455 e. The zero-order chi connectivity index (χ0) is 48.2. The molecule has 342 valence electrons. The van der Waals surface area contributed by atoms with Crippen LogP contribution in [-0.4, -0.2) is 4.57 Å². The van der Waals surface area contributed by atoms with Crippen molar-refractivity contribution in [2.45, 2.75) is 0 Å². The molecule has 3 nitrogen and oxygen atoms in total. The highest BCUT2D eigenvalue weighted by Crippen LogP contribution is 2.46. The van der Waals surface area contributed by atoms with E-state index in [0.717, 1.165) is 88.8 Å². The second kappa shape index (κ2) is 17.6. The smallest absolute Gasteiger partial charge is 0.143 e. The molecule has 0 unspecified atom stereocenters. The maximum Gasteiger partial charge on any atom is 0.143 e. The van der Waals surface area contributed by atoms with Crippen LogP contribution in [0.2, 0.25) is 0 Å². The topological polar surface area (TPSA) is 21.3 Å². The molecule has 0 spiro atoms. The number of aromatic nitrogens is 1. The molecule has 14 rings (SSSR count). The second-order valence-electron chi connectivity index (χ2n) is 18.8. The highest BCUT2D eigenvalue weighted by molar-refractivity contribution is 6.18. The minimum absolute atomic E-state index is 0.877. The van der Waals surface area contributed by atoms with Gasteiger partial charge in [0.15, 0.2) is 0 Å². The molecular formula is C70H46N2O. The van der Waals surface area contributed by atoms with Crippen LogP contribution in [0.5, 0.6) is 0 Å². The summed E-state index contributed by atoms with van der Waals surface area (Å²) in [5, 5.41) is 6.98. The molecule has 0 radical (unpaired) electrons. The Morgan fingerprint density at radius 1 is 0.274 bits per heavy atom. The Labute approximate surface area is 423 Å². The molecule has 0 aliphatic heterocycles. The van der Waals surface area contributed by atoms with E-state index < -0.39 is 0 Å². The standard InChI is InChI=1S/C70H46N2O/c1-3-18-48(19-4-1)55-44-39-52(46-64(55)49-20-5-2-6-21-49)47-34-40-53(41-35-47)71(66-31-14-12-27-60(66)61-28-17-29-62-63-45-38-50-22-7-8-24-57(50)69(63)73-70(61)62)54-42-36-51(37-43-54)56-23-9-13-30-65(56)72-67-32-15-10-25-58(67)59-26-11-16-33-68(59)72/h1-46H. The van der Waals surface area contributed by atoms with Gasteiger partial charge in [-0.15, -0.1) is 0 Å². The summed E-state index contributed by atoms with van der Waals surface area (Å²) in [6.45, 7) is 0. The lowest BCUT2D eigenvalue weighted by molar-refractivity contribution is 0.674. The van der Waals surface area contributed by atoms with Gasteiger partial charge in [-0.05, 0) is 105 Å². The molecule has 0 bridgehead atoms. The number of hydrogen-bond acceptors (Lipinski definition) is 2. The van der Waals surface area contributed by atoms with E-state index in [1.54, 1.807) is 0 Å². The highest BCUT2D eigenvalue weighted by Gasteiger charge is 2.22. The third-order valence-electron chi connectivity index (χ3n) is 14.6. The van der Waals surface area contributed by atoms with Crippen molar-refractivity contribution in [3.8, 4) is 61.3 Å². The van der Waals surface area contributed by atoms with E-state index in [-0.39, 0.29) is 0 Å². The Hall–Kier alpha value is -9.70. The molecule has 0 fully saturated rings. The summed E-state index contributed by atoms with van der Waals surface area (Å²) in [5.74, 6) is 0. The van der Waals surface area contributed by atoms with E-state index >= 15 is 0 Å². The van der Waals surface area contributed by atoms with Gasteiger partial charge in [-0.25, -0.2) is 0 Å². The van der Waals surface area contributed by atoms with Gasteiger partial charge in [0, 0.05) is 55.0 Å². The average Bonchev–Trinajstić information content (AvgIpc) is 4.03. The normalized spacial score (nSPS) is 11.6. The predicted molar refractivity (Wildman–Crippen MR) is 307 cm³/mol. The van der Waals surface area contributed by atoms with Crippen LogP contribution in [0.4, 0.5) is 17.1 Å². The van der Waals surface area contributed by atoms with Gasteiger partial charge in [-0.3, -0.25) is 0 Å². The molecule has 14 aromatic rings. The molecule has 0 atom stereocenters. The van der Waals surface area contributed by atoms with E-state index in [4.69, 9.17) is 4.42 Å². The number of furan rings is 1. The van der Waals surface area contributed by atoms with Crippen molar-refractivity contribution >= 4 is 71.6 Å². The molecule has 0 amide bonds. The van der Waals surface area contributed by atoms with Crippen molar-refractivity contribution in [2.75, 3.05) is 4.90 Å². The van der Waals surface area contributed by atoms with Gasteiger partial charge in [-0.1, -0.05) is 218 Å². The lowest BCUT2D eigenvalue weighted by atomic mass is 9.91. The monoisotopic (exact) mass is 930 g/mol. The molecule has 0 saturated heterocycles. The summed E-state index contributed by atoms with van der Waals surface area (Å²) in [7, 11) is 0. The maximum absolute atomic E-state index is 6.98. The molecule has 2 aromatic heterocycles. The summed E-state index contributed by atoms with van der Waals surface area (Å²) in [5.41, 5.74) is 20.0. The maximum atomic E-state index is 6.98. The van der Waals surface area contributed by atoms with Crippen molar-refractivity contribution in [1.29, 1.82) is 0 Å². The van der Waals surface area contributed by atoms with Crippen molar-refractivity contribution in [2.24, 2.45) is 0 Å². The van der Waals surface area contributed by atoms with E-state index in [1.165, 1.54) is 44.1 Å². The van der Waals surface area contributed by atoms with Gasteiger partial charge in [0.2, 0.25) is 0 Å². The Balaban J connectivity index is 0.917. The van der Waals surface area contributed by atoms with Crippen LogP contribution in [0.1, 0.15) is 0 Å². The first-order valence-electron chi connectivity index (χ1n) is 25.0.